The van der Waals surface area contributed by atoms with E-state index in [9.17, 15) is 10.1 Å². The summed E-state index contributed by atoms with van der Waals surface area (Å²) >= 11 is 6.47. The van der Waals surface area contributed by atoms with Gasteiger partial charge >= 0.3 is 0 Å². The average Bonchev–Trinajstić information content (AvgIpc) is 2.99. The number of halogens is 1. The van der Waals surface area contributed by atoms with Crippen LogP contribution in [0.2, 0.25) is 5.02 Å². The van der Waals surface area contributed by atoms with Crippen molar-refractivity contribution in [2.24, 2.45) is 0 Å². The summed E-state index contributed by atoms with van der Waals surface area (Å²) in [5, 5.41) is 23.8. The predicted octanol–water partition coefficient (Wildman–Crippen LogP) is 4.51. The van der Waals surface area contributed by atoms with Crippen molar-refractivity contribution >= 4 is 22.9 Å². The van der Waals surface area contributed by atoms with Crippen molar-refractivity contribution in [1.82, 2.24) is 19.8 Å². The van der Waals surface area contributed by atoms with Gasteiger partial charge in [-0.3, -0.25) is 15.2 Å². The van der Waals surface area contributed by atoms with Crippen LogP contribution in [0.25, 0.3) is 17.0 Å². The number of aryl methyl sites for hydroxylation is 2. The summed E-state index contributed by atoms with van der Waals surface area (Å²) in [4.78, 5) is 11.1. The highest BCUT2D eigenvalue weighted by Crippen LogP contribution is 2.37. The lowest BCUT2D eigenvalue weighted by atomic mass is 9.92. The van der Waals surface area contributed by atoms with E-state index < -0.39 is 0 Å². The van der Waals surface area contributed by atoms with E-state index in [1.807, 2.05) is 27.7 Å². The van der Waals surface area contributed by atoms with Gasteiger partial charge in [0.05, 0.1) is 10.6 Å². The minimum absolute atomic E-state index is 0.103. The Balaban J connectivity index is 2.35. The molecule has 25 heavy (non-hydrogen) atoms. The molecule has 0 amide bonds. The zero-order valence-electron chi connectivity index (χ0n) is 15.1. The second kappa shape index (κ2) is 5.56. The third-order valence-corrected chi connectivity index (χ3v) is 4.70. The Kier molecular flexibility index (Phi) is 3.87. The number of hydrogen-bond acceptors (Lipinski definition) is 4. The Morgan fingerprint density at radius 2 is 1.88 bits per heavy atom. The van der Waals surface area contributed by atoms with Crippen LogP contribution in [0.5, 0.6) is 0 Å². The summed E-state index contributed by atoms with van der Waals surface area (Å²) in [5.41, 5.74) is 4.01. The summed E-state index contributed by atoms with van der Waals surface area (Å²) in [6.07, 6.45) is 0. The van der Waals surface area contributed by atoms with Crippen LogP contribution in [-0.2, 0) is 5.41 Å². The molecule has 0 atom stereocenters. The molecule has 0 saturated carbocycles. The topological polar surface area (TPSA) is 89.1 Å². The number of rotatable bonds is 2. The third kappa shape index (κ3) is 2.59. The van der Waals surface area contributed by atoms with Gasteiger partial charge in [-0.05, 0) is 32.4 Å². The second-order valence-electron chi connectivity index (χ2n) is 7.34. The molecule has 0 aliphatic heterocycles. The standard InChI is InChI=1S/C17H20ClN5O2/c1-8-7-9(2)13(23(24)25)10(3)11(8)15-19-20-16-12(18)14(17(4,5)6)21-22(15)16/h7,20H,1-6H3. The Bertz CT molecular complexity index is 1010. The summed E-state index contributed by atoms with van der Waals surface area (Å²) < 4.78 is 1.64. The van der Waals surface area contributed by atoms with Crippen LogP contribution in [0.1, 0.15) is 43.2 Å². The number of nitrogens with one attached hydrogen (secondary N) is 1. The molecular weight excluding hydrogens is 342 g/mol. The monoisotopic (exact) mass is 361 g/mol. The zero-order chi connectivity index (χ0) is 18.7. The molecule has 0 radical (unpaired) electrons. The molecule has 0 saturated heterocycles. The highest BCUT2D eigenvalue weighted by atomic mass is 35.5. The number of nitro groups is 1. The van der Waals surface area contributed by atoms with Crippen molar-refractivity contribution < 1.29 is 4.92 Å². The van der Waals surface area contributed by atoms with Crippen molar-refractivity contribution in [3.05, 3.63) is 43.6 Å². The Morgan fingerprint density at radius 1 is 1.24 bits per heavy atom. The van der Waals surface area contributed by atoms with E-state index in [0.29, 0.717) is 33.2 Å². The Hall–Kier alpha value is -2.41. The highest BCUT2D eigenvalue weighted by molar-refractivity contribution is 6.34. The van der Waals surface area contributed by atoms with E-state index in [4.69, 9.17) is 11.6 Å². The molecule has 0 spiro atoms. The highest BCUT2D eigenvalue weighted by Gasteiger charge is 2.28. The number of benzene rings is 1. The van der Waals surface area contributed by atoms with Crippen LogP contribution in [0.4, 0.5) is 5.69 Å². The molecule has 0 aliphatic carbocycles. The van der Waals surface area contributed by atoms with Gasteiger partial charge in [-0.2, -0.15) is 14.7 Å². The predicted molar refractivity (Wildman–Crippen MR) is 97.3 cm³/mol. The molecule has 2 heterocycles. The van der Waals surface area contributed by atoms with Crippen LogP contribution in [0.15, 0.2) is 6.07 Å². The molecule has 2 aromatic heterocycles. The van der Waals surface area contributed by atoms with E-state index in [0.717, 1.165) is 11.3 Å². The van der Waals surface area contributed by atoms with Gasteiger partial charge in [0.25, 0.3) is 5.69 Å². The first kappa shape index (κ1) is 17.4. The van der Waals surface area contributed by atoms with Crippen molar-refractivity contribution in [3.8, 4) is 11.4 Å². The van der Waals surface area contributed by atoms with Crippen molar-refractivity contribution in [2.45, 2.75) is 47.0 Å². The first-order chi connectivity index (χ1) is 11.5. The second-order valence-corrected chi connectivity index (χ2v) is 7.71. The molecule has 0 unspecified atom stereocenters. The molecule has 8 heteroatoms. The Labute approximate surface area is 150 Å². The van der Waals surface area contributed by atoms with Gasteiger partial charge in [0, 0.05) is 22.1 Å². The minimum atomic E-state index is -0.353. The molecule has 0 aliphatic rings. The van der Waals surface area contributed by atoms with Crippen LogP contribution < -0.4 is 0 Å². The van der Waals surface area contributed by atoms with Gasteiger partial charge in [-0.25, -0.2) is 0 Å². The summed E-state index contributed by atoms with van der Waals surface area (Å²) in [5.74, 6) is 0.519. The molecule has 7 nitrogen and oxygen atoms in total. The summed E-state index contributed by atoms with van der Waals surface area (Å²) in [7, 11) is 0. The van der Waals surface area contributed by atoms with E-state index in [2.05, 4.69) is 15.3 Å². The fraction of sp³-hybridized carbons (Fsp3) is 0.412. The van der Waals surface area contributed by atoms with Crippen molar-refractivity contribution in [1.29, 1.82) is 0 Å². The maximum atomic E-state index is 11.5. The fourth-order valence-corrected chi connectivity index (χ4v) is 3.69. The maximum absolute atomic E-state index is 11.5. The molecule has 1 N–H and O–H groups in total. The van der Waals surface area contributed by atoms with Crippen LogP contribution in [0, 0.1) is 30.9 Å². The lowest BCUT2D eigenvalue weighted by Gasteiger charge is -2.15. The van der Waals surface area contributed by atoms with E-state index in [1.165, 1.54) is 0 Å². The van der Waals surface area contributed by atoms with Gasteiger partial charge in [0.1, 0.15) is 5.02 Å². The Morgan fingerprint density at radius 3 is 2.44 bits per heavy atom. The lowest BCUT2D eigenvalue weighted by molar-refractivity contribution is -0.386. The van der Waals surface area contributed by atoms with Crippen molar-refractivity contribution in [2.75, 3.05) is 0 Å². The molecule has 0 bridgehead atoms. The zero-order valence-corrected chi connectivity index (χ0v) is 15.8. The molecule has 3 aromatic rings. The molecule has 3 rings (SSSR count). The number of nitrogens with zero attached hydrogens (tertiary/aromatic N) is 4. The first-order valence-electron chi connectivity index (χ1n) is 7.92. The SMILES string of the molecule is Cc1cc(C)c([N+](=O)[O-])c(C)c1-c1n[nH]c2c(Cl)c(C(C)(C)C)nn12. The molecule has 0 fully saturated rings. The fourth-order valence-electron chi connectivity index (χ4n) is 3.24. The molecule has 1 aromatic carbocycles. The molecular formula is C17H20ClN5O2. The number of aromatic nitrogens is 4. The normalized spacial score (nSPS) is 12.1. The van der Waals surface area contributed by atoms with Gasteiger partial charge < -0.3 is 0 Å². The van der Waals surface area contributed by atoms with Gasteiger partial charge in [-0.1, -0.05) is 32.4 Å². The largest absolute Gasteiger partial charge is 0.275 e. The van der Waals surface area contributed by atoms with E-state index in [-0.39, 0.29) is 16.0 Å². The maximum Gasteiger partial charge on any atom is 0.275 e. The van der Waals surface area contributed by atoms with Crippen molar-refractivity contribution in [3.63, 3.8) is 0 Å². The van der Waals surface area contributed by atoms with E-state index in [1.54, 1.807) is 24.4 Å². The van der Waals surface area contributed by atoms with Gasteiger partial charge in [0.2, 0.25) is 0 Å². The number of H-pyrrole nitrogens is 1. The molecule has 132 valence electrons. The lowest BCUT2D eigenvalue weighted by Crippen LogP contribution is -2.13. The number of nitro benzene ring substituents is 1. The van der Waals surface area contributed by atoms with Crippen LogP contribution in [0.3, 0.4) is 0 Å². The first-order valence-corrected chi connectivity index (χ1v) is 8.30. The average molecular weight is 362 g/mol. The number of fused-ring (bicyclic) bond motifs is 1. The number of aromatic amines is 1. The van der Waals surface area contributed by atoms with Gasteiger partial charge in [0.15, 0.2) is 11.5 Å². The summed E-state index contributed by atoms with van der Waals surface area (Å²) in [6, 6.07) is 1.80. The smallest absolute Gasteiger partial charge is 0.258 e. The number of hydrogen-bond donors (Lipinski definition) is 1. The minimum Gasteiger partial charge on any atom is -0.258 e. The van der Waals surface area contributed by atoms with Crippen LogP contribution in [-0.4, -0.2) is 24.7 Å². The van der Waals surface area contributed by atoms with Gasteiger partial charge in [-0.15, -0.1) is 0 Å². The summed E-state index contributed by atoms with van der Waals surface area (Å²) in [6.45, 7) is 11.5. The quantitative estimate of drug-likeness (QED) is 0.537. The third-order valence-electron chi connectivity index (χ3n) is 4.34. The van der Waals surface area contributed by atoms with Crippen LogP contribution >= 0.6 is 11.6 Å². The van der Waals surface area contributed by atoms with E-state index >= 15 is 0 Å².